The molecule has 0 heterocycles. The second kappa shape index (κ2) is 7.75. The molecule has 0 N–H and O–H groups in total. The Morgan fingerprint density at radius 3 is 2.36 bits per heavy atom. The molecule has 1 aliphatic carbocycles. The van der Waals surface area contributed by atoms with Gasteiger partial charge in [-0.05, 0) is 58.1 Å². The molecule has 3 nitrogen and oxygen atoms in total. The van der Waals surface area contributed by atoms with Crippen molar-refractivity contribution in [1.82, 2.24) is 0 Å². The molecule has 0 bridgehead atoms. The quantitative estimate of drug-likeness (QED) is 0.421. The lowest BCUT2D eigenvalue weighted by Gasteiger charge is -2.11. The van der Waals surface area contributed by atoms with Gasteiger partial charge in [-0.2, -0.15) is 8.42 Å². The summed E-state index contributed by atoms with van der Waals surface area (Å²) in [6, 6.07) is 6.74. The number of rotatable bonds is 7. The molecule has 0 unspecified atom stereocenters. The molecule has 0 aliphatic heterocycles. The van der Waals surface area contributed by atoms with Crippen LogP contribution in [0.25, 0.3) is 0 Å². The number of unbranched alkanes of at least 4 members (excludes halogenated alkanes) is 1. The van der Waals surface area contributed by atoms with Crippen LogP contribution in [0.3, 0.4) is 0 Å². The van der Waals surface area contributed by atoms with E-state index in [1.54, 1.807) is 24.3 Å². The number of allylic oxidation sites excluding steroid dienone is 4. The van der Waals surface area contributed by atoms with E-state index >= 15 is 0 Å². The average Bonchev–Trinajstić information content (AvgIpc) is 2.49. The fourth-order valence-electron chi connectivity index (χ4n) is 2.38. The Labute approximate surface area is 133 Å². The molecule has 0 atom stereocenters. The zero-order chi connectivity index (χ0) is 16.0. The highest BCUT2D eigenvalue weighted by Crippen LogP contribution is 2.21. The number of aryl methyl sites for hydroxylation is 1. The lowest BCUT2D eigenvalue weighted by atomic mass is 9.97. The third kappa shape index (κ3) is 5.11. The normalized spacial score (nSPS) is 15.4. The number of benzene rings is 1. The van der Waals surface area contributed by atoms with Crippen molar-refractivity contribution in [3.63, 3.8) is 0 Å². The Morgan fingerprint density at radius 1 is 1.00 bits per heavy atom. The van der Waals surface area contributed by atoms with E-state index in [0.717, 1.165) is 37.7 Å². The monoisotopic (exact) mass is 320 g/mol. The van der Waals surface area contributed by atoms with E-state index in [-0.39, 0.29) is 11.5 Å². The molecule has 1 aromatic carbocycles. The van der Waals surface area contributed by atoms with Crippen molar-refractivity contribution >= 4 is 10.1 Å². The third-order valence-corrected chi connectivity index (χ3v) is 5.19. The van der Waals surface area contributed by atoms with Crippen LogP contribution in [0.15, 0.2) is 52.5 Å². The molecule has 2 rings (SSSR count). The Hall–Kier alpha value is -1.39. The van der Waals surface area contributed by atoms with E-state index in [0.29, 0.717) is 0 Å². The molecule has 120 valence electrons. The summed E-state index contributed by atoms with van der Waals surface area (Å²) in [7, 11) is -3.61. The lowest BCUT2D eigenvalue weighted by Crippen LogP contribution is -2.07. The summed E-state index contributed by atoms with van der Waals surface area (Å²) >= 11 is 0. The van der Waals surface area contributed by atoms with Gasteiger partial charge in [0.2, 0.25) is 0 Å². The van der Waals surface area contributed by atoms with Crippen LogP contribution >= 0.6 is 0 Å². The van der Waals surface area contributed by atoms with E-state index in [1.165, 1.54) is 11.1 Å². The minimum absolute atomic E-state index is 0.230. The van der Waals surface area contributed by atoms with Crippen molar-refractivity contribution in [3.05, 3.63) is 53.1 Å². The van der Waals surface area contributed by atoms with Gasteiger partial charge >= 0.3 is 0 Å². The first-order chi connectivity index (χ1) is 10.5. The second-order valence-electron chi connectivity index (χ2n) is 5.87. The van der Waals surface area contributed by atoms with E-state index in [9.17, 15) is 8.42 Å². The zero-order valence-electron chi connectivity index (χ0n) is 13.3. The van der Waals surface area contributed by atoms with Crippen LogP contribution in [0.1, 0.15) is 44.6 Å². The maximum Gasteiger partial charge on any atom is 0.296 e. The largest absolute Gasteiger partial charge is 0.296 e. The predicted octanol–water partition coefficient (Wildman–Crippen LogP) is 4.54. The van der Waals surface area contributed by atoms with Gasteiger partial charge in [-0.1, -0.05) is 41.0 Å². The van der Waals surface area contributed by atoms with Gasteiger partial charge in [0.1, 0.15) is 0 Å². The molecule has 4 heteroatoms. The molecule has 0 radical (unpaired) electrons. The highest BCUT2D eigenvalue weighted by Gasteiger charge is 2.14. The number of hydrogen-bond acceptors (Lipinski definition) is 3. The molecular weight excluding hydrogens is 296 g/mol. The SMILES string of the molecule is CC1=CCC(CCCCOS(=O)(=O)c2ccc(C)cc2)=CC1. The summed E-state index contributed by atoms with van der Waals surface area (Å²) in [4.78, 5) is 0.230. The molecular formula is C18H24O3S. The standard InChI is InChI=1S/C18H24O3S/c1-15-6-10-17(11-7-15)5-3-4-14-21-22(19,20)18-12-8-16(2)9-13-18/h6,8-9,11-13H,3-5,7,10,14H2,1-2H3. The van der Waals surface area contributed by atoms with Gasteiger partial charge in [-0.25, -0.2) is 0 Å². The highest BCUT2D eigenvalue weighted by atomic mass is 32.2. The molecule has 0 amide bonds. The summed E-state index contributed by atoms with van der Waals surface area (Å²) in [5.74, 6) is 0. The second-order valence-corrected chi connectivity index (χ2v) is 7.48. The number of hydrogen-bond donors (Lipinski definition) is 0. The predicted molar refractivity (Wildman–Crippen MR) is 89.2 cm³/mol. The molecule has 0 spiro atoms. The molecule has 1 aliphatic rings. The molecule has 0 aromatic heterocycles. The van der Waals surface area contributed by atoms with Crippen LogP contribution in [-0.4, -0.2) is 15.0 Å². The van der Waals surface area contributed by atoms with Crippen LogP contribution in [0.4, 0.5) is 0 Å². The summed E-state index contributed by atoms with van der Waals surface area (Å²) < 4.78 is 29.1. The van der Waals surface area contributed by atoms with Gasteiger partial charge in [0.15, 0.2) is 0 Å². The van der Waals surface area contributed by atoms with Crippen molar-refractivity contribution in [2.45, 2.75) is 50.8 Å². The fourth-order valence-corrected chi connectivity index (χ4v) is 3.32. The maximum atomic E-state index is 12.0. The van der Waals surface area contributed by atoms with Crippen molar-refractivity contribution in [3.8, 4) is 0 Å². The van der Waals surface area contributed by atoms with Gasteiger partial charge in [0.05, 0.1) is 11.5 Å². The highest BCUT2D eigenvalue weighted by molar-refractivity contribution is 7.86. The molecule has 0 saturated carbocycles. The van der Waals surface area contributed by atoms with E-state index in [1.807, 2.05) is 6.92 Å². The summed E-state index contributed by atoms with van der Waals surface area (Å²) in [6.07, 6.45) is 9.39. The van der Waals surface area contributed by atoms with E-state index in [4.69, 9.17) is 4.18 Å². The van der Waals surface area contributed by atoms with Crippen molar-refractivity contribution in [1.29, 1.82) is 0 Å². The Kier molecular flexibility index (Phi) is 5.98. The van der Waals surface area contributed by atoms with Gasteiger partial charge in [-0.3, -0.25) is 4.18 Å². The zero-order valence-corrected chi connectivity index (χ0v) is 14.2. The van der Waals surface area contributed by atoms with Crippen LogP contribution in [0.2, 0.25) is 0 Å². The lowest BCUT2D eigenvalue weighted by molar-refractivity contribution is 0.308. The first-order valence-corrected chi connectivity index (χ1v) is 9.18. The summed E-state index contributed by atoms with van der Waals surface area (Å²) in [5, 5.41) is 0. The van der Waals surface area contributed by atoms with Crippen LogP contribution < -0.4 is 0 Å². The molecule has 1 aromatic rings. The fraction of sp³-hybridized carbons (Fsp3) is 0.444. The van der Waals surface area contributed by atoms with Crippen LogP contribution in [-0.2, 0) is 14.3 Å². The summed E-state index contributed by atoms with van der Waals surface area (Å²) in [5.41, 5.74) is 3.91. The van der Waals surface area contributed by atoms with Gasteiger partial charge < -0.3 is 0 Å². The Balaban J connectivity index is 1.71. The Bertz CT molecular complexity index is 652. The maximum absolute atomic E-state index is 12.0. The first kappa shape index (κ1) is 17.0. The topological polar surface area (TPSA) is 43.4 Å². The smallest absolute Gasteiger partial charge is 0.266 e. The minimum Gasteiger partial charge on any atom is -0.266 e. The van der Waals surface area contributed by atoms with Crippen molar-refractivity contribution in [2.75, 3.05) is 6.61 Å². The Morgan fingerprint density at radius 2 is 1.73 bits per heavy atom. The molecule has 0 fully saturated rings. The van der Waals surface area contributed by atoms with Gasteiger partial charge in [0.25, 0.3) is 10.1 Å². The van der Waals surface area contributed by atoms with Crippen LogP contribution in [0, 0.1) is 6.92 Å². The van der Waals surface area contributed by atoms with Crippen molar-refractivity contribution in [2.24, 2.45) is 0 Å². The van der Waals surface area contributed by atoms with Crippen LogP contribution in [0.5, 0.6) is 0 Å². The molecule has 0 saturated heterocycles. The van der Waals surface area contributed by atoms with Gasteiger partial charge in [-0.15, -0.1) is 0 Å². The minimum atomic E-state index is -3.61. The first-order valence-electron chi connectivity index (χ1n) is 7.77. The van der Waals surface area contributed by atoms with Crippen molar-refractivity contribution < 1.29 is 12.6 Å². The van der Waals surface area contributed by atoms with Gasteiger partial charge in [0, 0.05) is 0 Å². The summed E-state index contributed by atoms with van der Waals surface area (Å²) in [6.45, 7) is 4.32. The third-order valence-electron chi connectivity index (χ3n) is 3.87. The van der Waals surface area contributed by atoms with E-state index in [2.05, 4.69) is 19.1 Å². The molecule has 22 heavy (non-hydrogen) atoms. The van der Waals surface area contributed by atoms with E-state index < -0.39 is 10.1 Å². The average molecular weight is 320 g/mol.